The van der Waals surface area contributed by atoms with Crippen LogP contribution in [0.4, 0.5) is 8.78 Å². The minimum atomic E-state index is -2.78. The van der Waals surface area contributed by atoms with Crippen molar-refractivity contribution in [3.05, 3.63) is 24.3 Å². The average molecular weight is 399 g/mol. The minimum absolute atomic E-state index is 0.0636. The minimum Gasteiger partial charge on any atom is -0.435 e. The molecular formula is C20H28F2N2O2S. The Morgan fingerprint density at radius 2 is 1.74 bits per heavy atom. The van der Waals surface area contributed by atoms with Gasteiger partial charge in [-0.3, -0.25) is 4.90 Å². The van der Waals surface area contributed by atoms with Crippen LogP contribution in [0.5, 0.6) is 5.75 Å². The maximum Gasteiger partial charge on any atom is 0.387 e. The number of alkyl halides is 2. The number of hydrogen-bond acceptors (Lipinski definition) is 5. The first kappa shape index (κ1) is 19.4. The molecule has 0 amide bonds. The molecule has 0 radical (unpaired) electrons. The first-order valence-electron chi connectivity index (χ1n) is 9.98. The molecule has 3 aliphatic heterocycles. The molecule has 0 saturated carbocycles. The predicted octanol–water partition coefficient (Wildman–Crippen LogP) is 4.40. The van der Waals surface area contributed by atoms with Crippen molar-refractivity contribution in [2.75, 3.05) is 32.8 Å². The Morgan fingerprint density at radius 1 is 1.04 bits per heavy atom. The van der Waals surface area contributed by atoms with E-state index in [0.29, 0.717) is 6.04 Å². The predicted molar refractivity (Wildman–Crippen MR) is 102 cm³/mol. The van der Waals surface area contributed by atoms with E-state index in [4.69, 9.17) is 4.74 Å². The number of rotatable bonds is 5. The molecule has 4 rings (SSSR count). The fourth-order valence-corrected chi connectivity index (χ4v) is 5.42. The lowest BCUT2D eigenvalue weighted by Gasteiger charge is -2.38. The standard InChI is InChI=1S/C20H28F2N2O2S/c21-19(22)26-17-4-6-18(7-5-17)27-24-12-8-20(9-13-24)14-16(15-25-20)23-10-2-1-3-11-23/h4-7,16,19H,1-3,8-15H2. The molecule has 0 N–H and O–H groups in total. The molecule has 1 unspecified atom stereocenters. The fourth-order valence-electron chi connectivity index (χ4n) is 4.50. The van der Waals surface area contributed by atoms with Gasteiger partial charge < -0.3 is 9.47 Å². The van der Waals surface area contributed by atoms with E-state index in [2.05, 4.69) is 13.9 Å². The van der Waals surface area contributed by atoms with E-state index in [1.807, 2.05) is 12.1 Å². The molecule has 3 aliphatic rings. The normalized spacial score (nSPS) is 26.7. The molecule has 1 aromatic rings. The molecule has 0 aliphatic carbocycles. The van der Waals surface area contributed by atoms with Gasteiger partial charge in [0.1, 0.15) is 5.75 Å². The lowest BCUT2D eigenvalue weighted by molar-refractivity contribution is -0.0498. The highest BCUT2D eigenvalue weighted by Crippen LogP contribution is 2.40. The highest BCUT2D eigenvalue weighted by molar-refractivity contribution is 7.97. The monoisotopic (exact) mass is 398 g/mol. The van der Waals surface area contributed by atoms with Crippen LogP contribution in [0.15, 0.2) is 29.2 Å². The van der Waals surface area contributed by atoms with Gasteiger partial charge in [-0.15, -0.1) is 0 Å². The Balaban J connectivity index is 1.25. The van der Waals surface area contributed by atoms with Crippen molar-refractivity contribution in [3.8, 4) is 5.75 Å². The van der Waals surface area contributed by atoms with Gasteiger partial charge in [-0.1, -0.05) is 6.42 Å². The van der Waals surface area contributed by atoms with Gasteiger partial charge in [0, 0.05) is 24.0 Å². The van der Waals surface area contributed by atoms with Crippen LogP contribution in [0.25, 0.3) is 0 Å². The maximum atomic E-state index is 12.2. The van der Waals surface area contributed by atoms with Crippen molar-refractivity contribution < 1.29 is 18.3 Å². The summed E-state index contributed by atoms with van der Waals surface area (Å²) in [6.45, 7) is 2.56. The molecule has 4 nitrogen and oxygen atoms in total. The largest absolute Gasteiger partial charge is 0.435 e. The summed E-state index contributed by atoms with van der Waals surface area (Å²) in [6.07, 6.45) is 7.33. The third kappa shape index (κ3) is 4.94. The SMILES string of the molecule is FC(F)Oc1ccc(SN2CCC3(CC2)CC(N2CCCCC2)CO3)cc1. The topological polar surface area (TPSA) is 24.9 Å². The van der Waals surface area contributed by atoms with Crippen LogP contribution in [-0.2, 0) is 4.74 Å². The Labute approximate surface area is 164 Å². The molecular weight excluding hydrogens is 370 g/mol. The molecule has 1 spiro atoms. The fraction of sp³-hybridized carbons (Fsp3) is 0.700. The summed E-state index contributed by atoms with van der Waals surface area (Å²) in [5, 5.41) is 0. The van der Waals surface area contributed by atoms with Crippen LogP contribution in [0, 0.1) is 0 Å². The van der Waals surface area contributed by atoms with E-state index in [9.17, 15) is 8.78 Å². The van der Waals surface area contributed by atoms with E-state index in [0.717, 1.165) is 37.4 Å². The van der Waals surface area contributed by atoms with Gasteiger partial charge in [0.25, 0.3) is 0 Å². The molecule has 1 aromatic carbocycles. The summed E-state index contributed by atoms with van der Waals surface area (Å²) in [4.78, 5) is 3.69. The van der Waals surface area contributed by atoms with Crippen LogP contribution in [0.1, 0.15) is 38.5 Å². The second-order valence-electron chi connectivity index (χ2n) is 7.82. The van der Waals surface area contributed by atoms with Crippen LogP contribution in [0.2, 0.25) is 0 Å². The van der Waals surface area contributed by atoms with Crippen molar-refractivity contribution >= 4 is 11.9 Å². The summed E-state index contributed by atoms with van der Waals surface area (Å²) in [6, 6.07) is 7.48. The Bertz CT molecular complexity index is 603. The quantitative estimate of drug-likeness (QED) is 0.685. The van der Waals surface area contributed by atoms with Crippen molar-refractivity contribution in [2.24, 2.45) is 0 Å². The number of piperidine rings is 2. The molecule has 27 heavy (non-hydrogen) atoms. The smallest absolute Gasteiger partial charge is 0.387 e. The molecule has 150 valence electrons. The number of benzene rings is 1. The lowest BCUT2D eigenvalue weighted by Crippen LogP contribution is -2.43. The van der Waals surface area contributed by atoms with Crippen LogP contribution < -0.4 is 4.74 Å². The van der Waals surface area contributed by atoms with Gasteiger partial charge in [-0.05, 0) is 81.4 Å². The Morgan fingerprint density at radius 3 is 2.41 bits per heavy atom. The third-order valence-corrected chi connectivity index (χ3v) is 7.12. The molecule has 7 heteroatoms. The number of hydrogen-bond donors (Lipinski definition) is 0. The van der Waals surface area contributed by atoms with Gasteiger partial charge in [0.05, 0.1) is 12.2 Å². The Hall–Kier alpha value is -0.890. The highest BCUT2D eigenvalue weighted by Gasteiger charge is 2.44. The Kier molecular flexibility index (Phi) is 6.21. The van der Waals surface area contributed by atoms with Crippen molar-refractivity contribution in [3.63, 3.8) is 0 Å². The number of nitrogens with zero attached hydrogens (tertiary/aromatic N) is 2. The lowest BCUT2D eigenvalue weighted by atomic mass is 9.87. The first-order chi connectivity index (χ1) is 13.1. The number of ether oxygens (including phenoxy) is 2. The average Bonchev–Trinajstić information content (AvgIpc) is 3.10. The molecule has 3 saturated heterocycles. The summed E-state index contributed by atoms with van der Waals surface area (Å²) >= 11 is 1.69. The third-order valence-electron chi connectivity index (χ3n) is 6.01. The van der Waals surface area contributed by atoms with Crippen molar-refractivity contribution in [1.29, 1.82) is 0 Å². The zero-order chi connectivity index (χ0) is 18.7. The number of halogens is 2. The van der Waals surface area contributed by atoms with Crippen LogP contribution in [0.3, 0.4) is 0 Å². The van der Waals surface area contributed by atoms with Crippen molar-refractivity contribution in [1.82, 2.24) is 9.21 Å². The van der Waals surface area contributed by atoms with Gasteiger partial charge in [-0.2, -0.15) is 8.78 Å². The van der Waals surface area contributed by atoms with Gasteiger partial charge >= 0.3 is 6.61 Å². The molecule has 1 atom stereocenters. The van der Waals surface area contributed by atoms with Crippen LogP contribution >= 0.6 is 11.9 Å². The molecule has 0 aromatic heterocycles. The van der Waals surface area contributed by atoms with E-state index >= 15 is 0 Å². The van der Waals surface area contributed by atoms with E-state index < -0.39 is 6.61 Å². The molecule has 3 fully saturated rings. The zero-order valence-corrected chi connectivity index (χ0v) is 16.4. The zero-order valence-electron chi connectivity index (χ0n) is 15.6. The van der Waals surface area contributed by atoms with E-state index in [1.165, 1.54) is 38.8 Å². The summed E-state index contributed by atoms with van der Waals surface area (Å²) in [7, 11) is 0. The van der Waals surface area contributed by atoms with Gasteiger partial charge in [0.15, 0.2) is 0 Å². The second-order valence-corrected chi connectivity index (χ2v) is 8.99. The summed E-state index contributed by atoms with van der Waals surface area (Å²) < 4.78 is 37.6. The number of likely N-dealkylation sites (tertiary alicyclic amines) is 1. The first-order valence-corrected chi connectivity index (χ1v) is 10.8. The van der Waals surface area contributed by atoms with Crippen molar-refractivity contribution in [2.45, 2.75) is 61.7 Å². The maximum absolute atomic E-state index is 12.2. The van der Waals surface area contributed by atoms with Gasteiger partial charge in [-0.25, -0.2) is 4.31 Å². The second kappa shape index (κ2) is 8.64. The van der Waals surface area contributed by atoms with Gasteiger partial charge in [0.2, 0.25) is 0 Å². The summed E-state index contributed by atoms with van der Waals surface area (Å²) in [5.41, 5.74) is 0.0636. The van der Waals surface area contributed by atoms with E-state index in [-0.39, 0.29) is 11.4 Å². The van der Waals surface area contributed by atoms with Crippen LogP contribution in [-0.4, -0.2) is 60.2 Å². The van der Waals surface area contributed by atoms with E-state index in [1.54, 1.807) is 24.1 Å². The summed E-state index contributed by atoms with van der Waals surface area (Å²) in [5.74, 6) is 0.204. The molecule has 3 heterocycles. The molecule has 0 bridgehead atoms. The highest BCUT2D eigenvalue weighted by atomic mass is 32.2.